The topological polar surface area (TPSA) is 36.5 Å². The Bertz CT molecular complexity index is 2750. The standard InChI is InChI=1S/C42H32BNO3/c1-41(2)42(3,4)47-43(46-41)34-19-11-18-31-32-24-37(29-16-9-10-17-30(29)39(32)45-40(31)34)44-35-21-20-25-12-7-8-15-28(25)38(35)33-22-26-13-5-6-14-27(26)23-36(33)44/h5-24H,1-4H3. The Morgan fingerprint density at radius 3 is 1.87 bits per heavy atom. The summed E-state index contributed by atoms with van der Waals surface area (Å²) in [6.07, 6.45) is 0. The summed E-state index contributed by atoms with van der Waals surface area (Å²) < 4.78 is 22.3. The second kappa shape index (κ2) is 9.25. The van der Waals surface area contributed by atoms with Crippen molar-refractivity contribution in [2.24, 2.45) is 0 Å². The summed E-state index contributed by atoms with van der Waals surface area (Å²) in [4.78, 5) is 0. The molecule has 0 amide bonds. The molecule has 4 nitrogen and oxygen atoms in total. The predicted octanol–water partition coefficient (Wildman–Crippen LogP) is 10.4. The number of hydrogen-bond donors (Lipinski definition) is 0. The third-order valence-electron chi connectivity index (χ3n) is 10.8. The van der Waals surface area contributed by atoms with Gasteiger partial charge in [0.15, 0.2) is 0 Å². The van der Waals surface area contributed by atoms with Crippen molar-refractivity contribution in [3.8, 4) is 5.69 Å². The molecule has 0 bridgehead atoms. The summed E-state index contributed by atoms with van der Waals surface area (Å²) in [5.74, 6) is 0. The van der Waals surface area contributed by atoms with Gasteiger partial charge in [-0.15, -0.1) is 0 Å². The second-order valence-electron chi connectivity index (χ2n) is 14.0. The monoisotopic (exact) mass is 609 g/mol. The van der Waals surface area contributed by atoms with Crippen molar-refractivity contribution in [3.05, 3.63) is 121 Å². The fourth-order valence-electron chi connectivity index (χ4n) is 7.70. The number of nitrogens with zero attached hydrogens (tertiary/aromatic N) is 1. The van der Waals surface area contributed by atoms with Crippen LogP contribution in [0.1, 0.15) is 27.7 Å². The fraction of sp³-hybridized carbons (Fsp3) is 0.143. The van der Waals surface area contributed by atoms with Gasteiger partial charge in [0, 0.05) is 37.8 Å². The lowest BCUT2D eigenvalue weighted by Crippen LogP contribution is -2.41. The van der Waals surface area contributed by atoms with Gasteiger partial charge in [-0.25, -0.2) is 0 Å². The van der Waals surface area contributed by atoms with E-state index in [0.29, 0.717) is 0 Å². The van der Waals surface area contributed by atoms with Crippen LogP contribution in [0.4, 0.5) is 0 Å². The Labute approximate surface area is 272 Å². The van der Waals surface area contributed by atoms with Crippen molar-refractivity contribution >= 4 is 88.6 Å². The predicted molar refractivity (Wildman–Crippen MR) is 196 cm³/mol. The average Bonchev–Trinajstić information content (AvgIpc) is 3.69. The summed E-state index contributed by atoms with van der Waals surface area (Å²) >= 11 is 0. The van der Waals surface area contributed by atoms with Gasteiger partial charge < -0.3 is 18.3 Å². The van der Waals surface area contributed by atoms with Crippen LogP contribution in [0.2, 0.25) is 0 Å². The van der Waals surface area contributed by atoms with Crippen LogP contribution in [0.15, 0.2) is 126 Å². The van der Waals surface area contributed by atoms with Gasteiger partial charge in [-0.3, -0.25) is 0 Å². The average molecular weight is 610 g/mol. The zero-order valence-electron chi connectivity index (χ0n) is 26.8. The van der Waals surface area contributed by atoms with Gasteiger partial charge in [-0.2, -0.15) is 0 Å². The van der Waals surface area contributed by atoms with Crippen molar-refractivity contribution in [1.29, 1.82) is 0 Å². The third-order valence-corrected chi connectivity index (χ3v) is 10.8. The molecule has 3 heterocycles. The first-order chi connectivity index (χ1) is 22.8. The maximum Gasteiger partial charge on any atom is 0.498 e. The minimum absolute atomic E-state index is 0.448. The van der Waals surface area contributed by atoms with Crippen LogP contribution >= 0.6 is 0 Å². The fourth-order valence-corrected chi connectivity index (χ4v) is 7.70. The van der Waals surface area contributed by atoms with Gasteiger partial charge in [-0.05, 0) is 73.5 Å². The number of hydrogen-bond acceptors (Lipinski definition) is 3. The highest BCUT2D eigenvalue weighted by Gasteiger charge is 2.52. The zero-order valence-corrected chi connectivity index (χ0v) is 26.8. The van der Waals surface area contributed by atoms with E-state index in [1.165, 1.54) is 43.4 Å². The molecule has 0 N–H and O–H groups in total. The van der Waals surface area contributed by atoms with E-state index in [-0.39, 0.29) is 0 Å². The smallest absolute Gasteiger partial charge is 0.456 e. The van der Waals surface area contributed by atoms with Gasteiger partial charge in [0.25, 0.3) is 0 Å². The molecule has 1 saturated heterocycles. The number of benzene rings is 7. The Morgan fingerprint density at radius 2 is 1.11 bits per heavy atom. The van der Waals surface area contributed by atoms with Gasteiger partial charge in [0.05, 0.1) is 27.9 Å². The highest BCUT2D eigenvalue weighted by Crippen LogP contribution is 2.44. The van der Waals surface area contributed by atoms with Crippen molar-refractivity contribution in [2.45, 2.75) is 38.9 Å². The molecule has 1 aliphatic rings. The Kier molecular flexibility index (Phi) is 5.33. The van der Waals surface area contributed by atoms with Gasteiger partial charge >= 0.3 is 7.12 Å². The Morgan fingerprint density at radius 1 is 0.489 bits per heavy atom. The molecule has 47 heavy (non-hydrogen) atoms. The molecule has 7 aromatic carbocycles. The highest BCUT2D eigenvalue weighted by molar-refractivity contribution is 6.65. The van der Waals surface area contributed by atoms with E-state index in [9.17, 15) is 0 Å². The number of para-hydroxylation sites is 1. The minimum Gasteiger partial charge on any atom is -0.456 e. The summed E-state index contributed by atoms with van der Waals surface area (Å²) in [5.41, 5.74) is 5.20. The Balaban J connectivity index is 1.33. The van der Waals surface area contributed by atoms with E-state index in [0.717, 1.165) is 43.9 Å². The number of rotatable bonds is 2. The Hall–Kier alpha value is -5.10. The number of furan rings is 1. The SMILES string of the molecule is CC1(C)OB(c2cccc3c2oc2c4ccccc4c(-n4c5cc6ccccc6cc5c5c6ccccc6ccc54)cc32)OC1(C)C. The van der Waals surface area contributed by atoms with Crippen molar-refractivity contribution in [3.63, 3.8) is 0 Å². The van der Waals surface area contributed by atoms with E-state index in [1.54, 1.807) is 0 Å². The van der Waals surface area contributed by atoms with Crippen molar-refractivity contribution in [1.82, 2.24) is 4.57 Å². The first-order valence-electron chi connectivity index (χ1n) is 16.4. The first kappa shape index (κ1) is 27.1. The molecule has 226 valence electrons. The third kappa shape index (κ3) is 3.67. The molecule has 0 spiro atoms. The van der Waals surface area contributed by atoms with E-state index in [2.05, 4.69) is 154 Å². The van der Waals surface area contributed by atoms with Gasteiger partial charge in [-0.1, -0.05) is 97.1 Å². The molecule has 0 atom stereocenters. The zero-order chi connectivity index (χ0) is 31.7. The normalized spacial score (nSPS) is 16.2. The molecule has 0 saturated carbocycles. The van der Waals surface area contributed by atoms with Crippen molar-refractivity contribution in [2.75, 3.05) is 0 Å². The number of fused-ring (bicyclic) bond motifs is 11. The molecule has 0 unspecified atom stereocenters. The van der Waals surface area contributed by atoms with Crippen LogP contribution in [0.5, 0.6) is 0 Å². The molecule has 10 rings (SSSR count). The maximum absolute atomic E-state index is 6.84. The molecule has 5 heteroatoms. The summed E-state index contributed by atoms with van der Waals surface area (Å²) in [6, 6.07) is 43.8. The van der Waals surface area contributed by atoms with E-state index in [1.807, 2.05) is 0 Å². The second-order valence-corrected chi connectivity index (χ2v) is 14.0. The van der Waals surface area contributed by atoms with E-state index in [4.69, 9.17) is 13.7 Å². The lowest BCUT2D eigenvalue weighted by atomic mass is 9.78. The minimum atomic E-state index is -0.520. The van der Waals surface area contributed by atoms with Crippen LogP contribution < -0.4 is 5.46 Å². The van der Waals surface area contributed by atoms with Crippen LogP contribution in [0.25, 0.3) is 81.7 Å². The lowest BCUT2D eigenvalue weighted by Gasteiger charge is -2.32. The first-order valence-corrected chi connectivity index (χ1v) is 16.4. The summed E-state index contributed by atoms with van der Waals surface area (Å²) in [5, 5.41) is 11.8. The molecule has 0 radical (unpaired) electrons. The molecule has 9 aromatic rings. The molecule has 2 aromatic heterocycles. The van der Waals surface area contributed by atoms with Gasteiger partial charge in [0.1, 0.15) is 11.2 Å². The molecule has 1 aliphatic heterocycles. The molecule has 1 fully saturated rings. The number of aromatic nitrogens is 1. The van der Waals surface area contributed by atoms with E-state index < -0.39 is 18.3 Å². The molecule has 0 aliphatic carbocycles. The quantitative estimate of drug-likeness (QED) is 0.183. The maximum atomic E-state index is 6.84. The summed E-state index contributed by atoms with van der Waals surface area (Å²) in [6.45, 7) is 8.35. The largest absolute Gasteiger partial charge is 0.498 e. The highest BCUT2D eigenvalue weighted by atomic mass is 16.7. The van der Waals surface area contributed by atoms with Crippen LogP contribution in [0, 0.1) is 0 Å². The van der Waals surface area contributed by atoms with E-state index >= 15 is 0 Å². The summed E-state index contributed by atoms with van der Waals surface area (Å²) in [7, 11) is -0.520. The molecular weight excluding hydrogens is 577 g/mol. The molecular formula is C42H32BNO3. The van der Waals surface area contributed by atoms with Crippen LogP contribution in [0.3, 0.4) is 0 Å². The van der Waals surface area contributed by atoms with Gasteiger partial charge in [0.2, 0.25) is 0 Å². The van der Waals surface area contributed by atoms with Crippen molar-refractivity contribution < 1.29 is 13.7 Å². The lowest BCUT2D eigenvalue weighted by molar-refractivity contribution is 0.00578. The van der Waals surface area contributed by atoms with Crippen LogP contribution in [-0.2, 0) is 9.31 Å². The van der Waals surface area contributed by atoms with Crippen LogP contribution in [-0.4, -0.2) is 22.9 Å².